The summed E-state index contributed by atoms with van der Waals surface area (Å²) in [6.07, 6.45) is 1.44. The van der Waals surface area contributed by atoms with Crippen LogP contribution in [0, 0.1) is 11.3 Å². The third kappa shape index (κ3) is 7.18. The van der Waals surface area contributed by atoms with E-state index in [2.05, 4.69) is 0 Å². The number of nitrogens with zero attached hydrogens (tertiary/aromatic N) is 1. The predicted molar refractivity (Wildman–Crippen MR) is 86.9 cm³/mol. The minimum absolute atomic E-state index is 0.261. The van der Waals surface area contributed by atoms with E-state index in [-0.39, 0.29) is 10.4 Å². The van der Waals surface area contributed by atoms with Crippen LogP contribution in [0.25, 0.3) is 0 Å². The molecule has 5 nitrogen and oxygen atoms in total. The highest BCUT2D eigenvalue weighted by Gasteiger charge is 2.29. The molecule has 0 spiro atoms. The van der Waals surface area contributed by atoms with Gasteiger partial charge in [-0.05, 0) is 39.5 Å². The van der Waals surface area contributed by atoms with Crippen LogP contribution in [0.2, 0.25) is 0 Å². The first-order chi connectivity index (χ1) is 9.69. The van der Waals surface area contributed by atoms with E-state index in [1.807, 2.05) is 34.6 Å². The average Bonchev–Trinajstić information content (AvgIpc) is 2.34. The molecule has 6 heteroatoms. The van der Waals surface area contributed by atoms with Crippen molar-refractivity contribution < 1.29 is 14.3 Å². The SMILES string of the molecule is CC(C)SC(=N)N(CC1CCOCC1)C(=O)OC(C)(C)C. The summed E-state index contributed by atoms with van der Waals surface area (Å²) in [5, 5.41) is 8.72. The molecule has 0 bridgehead atoms. The van der Waals surface area contributed by atoms with E-state index in [1.54, 1.807) is 0 Å². The Hall–Kier alpha value is -0.750. The van der Waals surface area contributed by atoms with Gasteiger partial charge in [0.05, 0.1) is 0 Å². The van der Waals surface area contributed by atoms with Crippen molar-refractivity contribution in [3.63, 3.8) is 0 Å². The molecule has 0 atom stereocenters. The number of amides is 1. The number of carbonyl (C=O) groups is 1. The zero-order chi connectivity index (χ0) is 16.0. The first-order valence-corrected chi connectivity index (χ1v) is 8.40. The summed E-state index contributed by atoms with van der Waals surface area (Å²) in [6, 6.07) is 0. The fourth-order valence-corrected chi connectivity index (χ4v) is 2.75. The van der Waals surface area contributed by atoms with Gasteiger partial charge < -0.3 is 9.47 Å². The lowest BCUT2D eigenvalue weighted by molar-refractivity contribution is 0.0266. The highest BCUT2D eigenvalue weighted by atomic mass is 32.2. The van der Waals surface area contributed by atoms with Crippen molar-refractivity contribution in [3.8, 4) is 0 Å². The standard InChI is InChI=1S/C15H28N2O3S/c1-11(2)21-13(16)17(14(18)20-15(3,4)5)10-12-6-8-19-9-7-12/h11-12,16H,6-10H2,1-5H3. The third-order valence-corrected chi connectivity index (χ3v) is 3.90. The van der Waals surface area contributed by atoms with Gasteiger partial charge in [0.1, 0.15) is 5.60 Å². The summed E-state index contributed by atoms with van der Waals surface area (Å²) in [4.78, 5) is 13.9. The fraction of sp³-hybridized carbons (Fsp3) is 0.867. The Morgan fingerprint density at radius 3 is 2.43 bits per heavy atom. The zero-order valence-electron chi connectivity index (χ0n) is 13.8. The zero-order valence-corrected chi connectivity index (χ0v) is 14.6. The molecule has 1 amide bonds. The van der Waals surface area contributed by atoms with Crippen LogP contribution in [-0.2, 0) is 9.47 Å². The van der Waals surface area contributed by atoms with Gasteiger partial charge in [-0.2, -0.15) is 0 Å². The van der Waals surface area contributed by atoms with E-state index in [4.69, 9.17) is 14.9 Å². The lowest BCUT2D eigenvalue weighted by Gasteiger charge is -2.31. The smallest absolute Gasteiger partial charge is 0.416 e. The molecular weight excluding hydrogens is 288 g/mol. The van der Waals surface area contributed by atoms with Crippen LogP contribution in [-0.4, -0.2) is 46.8 Å². The van der Waals surface area contributed by atoms with Crippen molar-refractivity contribution in [2.75, 3.05) is 19.8 Å². The summed E-state index contributed by atoms with van der Waals surface area (Å²) >= 11 is 1.38. The molecule has 1 rings (SSSR count). The molecule has 0 aromatic carbocycles. The largest absolute Gasteiger partial charge is 0.443 e. The van der Waals surface area contributed by atoms with E-state index in [0.717, 1.165) is 26.1 Å². The maximum Gasteiger partial charge on any atom is 0.416 e. The Bertz CT molecular complexity index is 360. The highest BCUT2D eigenvalue weighted by molar-refractivity contribution is 8.14. The lowest BCUT2D eigenvalue weighted by atomic mass is 10.00. The van der Waals surface area contributed by atoms with Gasteiger partial charge in [0.25, 0.3) is 0 Å². The summed E-state index contributed by atoms with van der Waals surface area (Å²) < 4.78 is 10.8. The molecule has 0 saturated carbocycles. The van der Waals surface area contributed by atoms with Gasteiger partial charge in [-0.1, -0.05) is 25.6 Å². The predicted octanol–water partition coefficient (Wildman–Crippen LogP) is 3.73. The van der Waals surface area contributed by atoms with E-state index >= 15 is 0 Å². The Balaban J connectivity index is 2.72. The van der Waals surface area contributed by atoms with Crippen LogP contribution in [0.3, 0.4) is 0 Å². The molecule has 21 heavy (non-hydrogen) atoms. The number of hydrogen-bond acceptors (Lipinski definition) is 5. The Morgan fingerprint density at radius 1 is 1.38 bits per heavy atom. The van der Waals surface area contributed by atoms with E-state index in [0.29, 0.717) is 12.5 Å². The molecule has 0 aromatic rings. The first kappa shape index (κ1) is 18.3. The molecular formula is C15H28N2O3S. The fourth-order valence-electron chi connectivity index (χ4n) is 2.03. The van der Waals surface area contributed by atoms with Gasteiger partial charge in [0, 0.05) is 25.0 Å². The van der Waals surface area contributed by atoms with Gasteiger partial charge in [0.2, 0.25) is 0 Å². The molecule has 1 saturated heterocycles. The number of hydrogen-bond donors (Lipinski definition) is 1. The molecule has 0 radical (unpaired) electrons. The van der Waals surface area contributed by atoms with Crippen LogP contribution in [0.1, 0.15) is 47.5 Å². The Morgan fingerprint density at radius 2 is 1.95 bits per heavy atom. The van der Waals surface area contributed by atoms with Gasteiger partial charge in [-0.3, -0.25) is 10.3 Å². The van der Waals surface area contributed by atoms with Gasteiger partial charge in [0.15, 0.2) is 5.17 Å². The van der Waals surface area contributed by atoms with E-state index in [9.17, 15) is 4.79 Å². The van der Waals surface area contributed by atoms with Crippen molar-refractivity contribution in [1.29, 1.82) is 5.41 Å². The molecule has 1 heterocycles. The van der Waals surface area contributed by atoms with Crippen LogP contribution >= 0.6 is 11.8 Å². The summed E-state index contributed by atoms with van der Waals surface area (Å²) in [5.41, 5.74) is -0.548. The van der Waals surface area contributed by atoms with Crippen LogP contribution in [0.15, 0.2) is 0 Å². The maximum absolute atomic E-state index is 12.4. The molecule has 1 fully saturated rings. The Kier molecular flexibility index (Phi) is 7.00. The summed E-state index contributed by atoms with van der Waals surface area (Å²) in [7, 11) is 0. The minimum atomic E-state index is -0.548. The minimum Gasteiger partial charge on any atom is -0.443 e. The summed E-state index contributed by atoms with van der Waals surface area (Å²) in [5.74, 6) is 0.374. The molecule has 0 aromatic heterocycles. The second-order valence-electron chi connectivity index (χ2n) is 6.62. The van der Waals surface area contributed by atoms with Crippen LogP contribution in [0.5, 0.6) is 0 Å². The van der Waals surface area contributed by atoms with Crippen molar-refractivity contribution in [2.24, 2.45) is 5.92 Å². The van der Waals surface area contributed by atoms with Crippen molar-refractivity contribution in [2.45, 2.75) is 58.3 Å². The first-order valence-electron chi connectivity index (χ1n) is 7.52. The number of nitrogens with one attached hydrogen (secondary N) is 1. The number of thioether (sulfide) groups is 1. The molecule has 1 aliphatic rings. The van der Waals surface area contributed by atoms with Gasteiger partial charge in [-0.15, -0.1) is 0 Å². The molecule has 0 unspecified atom stereocenters. The lowest BCUT2D eigenvalue weighted by Crippen LogP contribution is -2.43. The molecule has 122 valence electrons. The van der Waals surface area contributed by atoms with Crippen molar-refractivity contribution in [3.05, 3.63) is 0 Å². The second kappa shape index (κ2) is 8.03. The van der Waals surface area contributed by atoms with Crippen molar-refractivity contribution >= 4 is 23.0 Å². The van der Waals surface area contributed by atoms with Crippen molar-refractivity contribution in [1.82, 2.24) is 4.90 Å². The second-order valence-corrected chi connectivity index (χ2v) is 8.18. The summed E-state index contributed by atoms with van der Waals surface area (Å²) in [6.45, 7) is 11.6. The Labute approximate surface area is 132 Å². The van der Waals surface area contributed by atoms with E-state index in [1.165, 1.54) is 16.7 Å². The third-order valence-electron chi connectivity index (χ3n) is 2.99. The van der Waals surface area contributed by atoms with Crippen LogP contribution in [0.4, 0.5) is 4.79 Å². The van der Waals surface area contributed by atoms with Gasteiger partial charge >= 0.3 is 6.09 Å². The monoisotopic (exact) mass is 316 g/mol. The van der Waals surface area contributed by atoms with Gasteiger partial charge in [-0.25, -0.2) is 4.79 Å². The maximum atomic E-state index is 12.4. The quantitative estimate of drug-likeness (QED) is 0.636. The van der Waals surface area contributed by atoms with Crippen LogP contribution < -0.4 is 0 Å². The molecule has 1 N–H and O–H groups in total. The average molecular weight is 316 g/mol. The highest BCUT2D eigenvalue weighted by Crippen LogP contribution is 2.22. The van der Waals surface area contributed by atoms with E-state index < -0.39 is 11.7 Å². The number of amidine groups is 1. The number of ether oxygens (including phenoxy) is 2. The topological polar surface area (TPSA) is 62.6 Å². The molecule has 0 aliphatic carbocycles. The number of carbonyl (C=O) groups excluding carboxylic acids is 1. The normalized spacial score (nSPS) is 16.9. The number of rotatable bonds is 3. The molecule has 1 aliphatic heterocycles.